The van der Waals surface area contributed by atoms with Crippen LogP contribution in [0.4, 0.5) is 0 Å². The monoisotopic (exact) mass is 270 g/mol. The molecule has 6 nitrogen and oxygen atoms in total. The second kappa shape index (κ2) is 6.04. The molecular weight excluding hydrogens is 248 g/mol. The first-order chi connectivity index (χ1) is 8.74. The zero-order chi connectivity index (χ0) is 14.6. The number of primary amides is 1. The van der Waals surface area contributed by atoms with Gasteiger partial charge in [0.1, 0.15) is 6.04 Å². The van der Waals surface area contributed by atoms with Crippen LogP contribution in [0.15, 0.2) is 0 Å². The Labute approximate surface area is 112 Å². The minimum absolute atomic E-state index is 0.141. The number of aliphatic carboxylic acids is 1. The van der Waals surface area contributed by atoms with Crippen molar-refractivity contribution >= 4 is 17.8 Å². The number of carbonyl (C=O) groups excluding carboxylic acids is 2. The molecule has 2 unspecified atom stereocenters. The molecule has 6 heteroatoms. The predicted molar refractivity (Wildman–Crippen MR) is 69.1 cm³/mol. The van der Waals surface area contributed by atoms with Crippen LogP contribution >= 0.6 is 0 Å². The number of nitrogens with one attached hydrogen (secondary N) is 1. The van der Waals surface area contributed by atoms with E-state index in [-0.39, 0.29) is 23.7 Å². The molecule has 1 aliphatic carbocycles. The third-order valence-electron chi connectivity index (χ3n) is 3.84. The van der Waals surface area contributed by atoms with Crippen molar-refractivity contribution in [1.82, 2.24) is 5.32 Å². The molecule has 1 saturated carbocycles. The SMILES string of the molecule is CC1(C)CCCCC1C(=O)NC(CC(N)=O)C(=O)O. The van der Waals surface area contributed by atoms with Crippen LogP contribution in [0.2, 0.25) is 0 Å². The van der Waals surface area contributed by atoms with Crippen LogP contribution in [-0.4, -0.2) is 28.9 Å². The van der Waals surface area contributed by atoms with Gasteiger partial charge in [0.2, 0.25) is 11.8 Å². The molecule has 0 heterocycles. The first-order valence-corrected chi connectivity index (χ1v) is 6.55. The van der Waals surface area contributed by atoms with Crippen molar-refractivity contribution < 1.29 is 19.5 Å². The number of carboxylic acid groups (broad SMARTS) is 1. The molecule has 1 aliphatic rings. The highest BCUT2D eigenvalue weighted by atomic mass is 16.4. The number of hydrogen-bond donors (Lipinski definition) is 3. The molecular formula is C13H22N2O4. The van der Waals surface area contributed by atoms with Crippen LogP contribution < -0.4 is 11.1 Å². The molecule has 0 saturated heterocycles. The van der Waals surface area contributed by atoms with Crippen LogP contribution in [0.25, 0.3) is 0 Å². The van der Waals surface area contributed by atoms with E-state index in [1.54, 1.807) is 0 Å². The smallest absolute Gasteiger partial charge is 0.326 e. The Hall–Kier alpha value is -1.59. The Kier molecular flexibility index (Phi) is 4.91. The first kappa shape index (κ1) is 15.5. The van der Waals surface area contributed by atoms with E-state index in [1.807, 2.05) is 13.8 Å². The van der Waals surface area contributed by atoms with E-state index < -0.39 is 17.9 Å². The molecule has 0 aromatic rings. The van der Waals surface area contributed by atoms with E-state index in [0.717, 1.165) is 25.7 Å². The number of amides is 2. The van der Waals surface area contributed by atoms with Crippen molar-refractivity contribution in [2.45, 2.75) is 52.0 Å². The Bertz CT molecular complexity index is 379. The summed E-state index contributed by atoms with van der Waals surface area (Å²) in [7, 11) is 0. The Morgan fingerprint density at radius 2 is 2.00 bits per heavy atom. The van der Waals surface area contributed by atoms with Crippen molar-refractivity contribution in [1.29, 1.82) is 0 Å². The van der Waals surface area contributed by atoms with Crippen LogP contribution in [0.1, 0.15) is 46.0 Å². The number of hydrogen-bond acceptors (Lipinski definition) is 3. The fraction of sp³-hybridized carbons (Fsp3) is 0.769. The highest BCUT2D eigenvalue weighted by Gasteiger charge is 2.38. The molecule has 4 N–H and O–H groups in total. The predicted octanol–water partition coefficient (Wildman–Crippen LogP) is 0.648. The lowest BCUT2D eigenvalue weighted by molar-refractivity contribution is -0.145. The molecule has 108 valence electrons. The molecule has 0 aliphatic heterocycles. The standard InChI is InChI=1S/C13H22N2O4/c1-13(2)6-4-3-5-8(13)11(17)15-9(12(18)19)7-10(14)16/h8-9H,3-7H2,1-2H3,(H2,14,16)(H,15,17)(H,18,19). The molecule has 2 amide bonds. The van der Waals surface area contributed by atoms with Crippen LogP contribution in [0, 0.1) is 11.3 Å². The highest BCUT2D eigenvalue weighted by Crippen LogP contribution is 2.40. The van der Waals surface area contributed by atoms with Gasteiger partial charge in [0.05, 0.1) is 6.42 Å². The molecule has 0 aromatic carbocycles. The molecule has 0 radical (unpaired) electrons. The van der Waals surface area contributed by atoms with Crippen LogP contribution in [-0.2, 0) is 14.4 Å². The highest BCUT2D eigenvalue weighted by molar-refractivity contribution is 5.89. The van der Waals surface area contributed by atoms with Gasteiger partial charge in [-0.2, -0.15) is 0 Å². The summed E-state index contributed by atoms with van der Waals surface area (Å²) in [5, 5.41) is 11.4. The first-order valence-electron chi connectivity index (χ1n) is 6.55. The summed E-state index contributed by atoms with van der Waals surface area (Å²) >= 11 is 0. The van der Waals surface area contributed by atoms with Crippen LogP contribution in [0.5, 0.6) is 0 Å². The van der Waals surface area contributed by atoms with Gasteiger partial charge in [0.15, 0.2) is 0 Å². The normalized spacial score (nSPS) is 23.4. The maximum atomic E-state index is 12.2. The number of carbonyl (C=O) groups is 3. The topological polar surface area (TPSA) is 109 Å². The summed E-state index contributed by atoms with van der Waals surface area (Å²) in [6, 6.07) is -1.23. The van der Waals surface area contributed by atoms with Gasteiger partial charge in [-0.25, -0.2) is 4.79 Å². The van der Waals surface area contributed by atoms with E-state index in [1.165, 1.54) is 0 Å². The van der Waals surface area contributed by atoms with Gasteiger partial charge in [-0.1, -0.05) is 26.7 Å². The minimum atomic E-state index is -1.24. The molecule has 19 heavy (non-hydrogen) atoms. The Morgan fingerprint density at radius 3 is 2.47 bits per heavy atom. The molecule has 0 aromatic heterocycles. The molecule has 0 spiro atoms. The lowest BCUT2D eigenvalue weighted by Gasteiger charge is -2.37. The van der Waals surface area contributed by atoms with Gasteiger partial charge in [0, 0.05) is 5.92 Å². The number of rotatable bonds is 5. The van der Waals surface area contributed by atoms with Crippen molar-refractivity contribution in [2.75, 3.05) is 0 Å². The van der Waals surface area contributed by atoms with Gasteiger partial charge in [-0.15, -0.1) is 0 Å². The molecule has 2 atom stereocenters. The summed E-state index contributed by atoms with van der Waals surface area (Å²) in [6.45, 7) is 4.03. The maximum absolute atomic E-state index is 12.2. The van der Waals surface area contributed by atoms with E-state index in [4.69, 9.17) is 10.8 Å². The average molecular weight is 270 g/mol. The van der Waals surface area contributed by atoms with E-state index in [2.05, 4.69) is 5.32 Å². The second-order valence-electron chi connectivity index (χ2n) is 5.86. The van der Waals surface area contributed by atoms with Crippen molar-refractivity contribution in [3.63, 3.8) is 0 Å². The zero-order valence-electron chi connectivity index (χ0n) is 11.4. The summed E-state index contributed by atoms with van der Waals surface area (Å²) in [5.74, 6) is -2.48. The fourth-order valence-electron chi connectivity index (χ4n) is 2.65. The van der Waals surface area contributed by atoms with Crippen LogP contribution in [0.3, 0.4) is 0 Å². The van der Waals surface area contributed by atoms with E-state index >= 15 is 0 Å². The summed E-state index contributed by atoms with van der Waals surface area (Å²) in [4.78, 5) is 34.0. The zero-order valence-corrected chi connectivity index (χ0v) is 11.4. The third kappa shape index (κ3) is 4.22. The quantitative estimate of drug-likeness (QED) is 0.681. The molecule has 1 fully saturated rings. The van der Waals surface area contributed by atoms with Crippen molar-refractivity contribution in [2.24, 2.45) is 17.1 Å². The molecule has 1 rings (SSSR count). The molecule has 0 bridgehead atoms. The maximum Gasteiger partial charge on any atom is 0.326 e. The lowest BCUT2D eigenvalue weighted by Crippen LogP contribution is -2.49. The third-order valence-corrected chi connectivity index (χ3v) is 3.84. The van der Waals surface area contributed by atoms with Gasteiger partial charge >= 0.3 is 5.97 Å². The van der Waals surface area contributed by atoms with E-state index in [0.29, 0.717) is 0 Å². The minimum Gasteiger partial charge on any atom is -0.480 e. The summed E-state index contributed by atoms with van der Waals surface area (Å²) < 4.78 is 0. The lowest BCUT2D eigenvalue weighted by atomic mass is 9.68. The van der Waals surface area contributed by atoms with Gasteiger partial charge in [0.25, 0.3) is 0 Å². The average Bonchev–Trinajstić information content (AvgIpc) is 2.26. The van der Waals surface area contributed by atoms with Crippen molar-refractivity contribution in [3.05, 3.63) is 0 Å². The summed E-state index contributed by atoms with van der Waals surface area (Å²) in [6.07, 6.45) is 3.37. The fourth-order valence-corrected chi connectivity index (χ4v) is 2.65. The van der Waals surface area contributed by atoms with E-state index in [9.17, 15) is 14.4 Å². The second-order valence-corrected chi connectivity index (χ2v) is 5.86. The van der Waals surface area contributed by atoms with Gasteiger partial charge < -0.3 is 16.2 Å². The number of nitrogens with two attached hydrogens (primary N) is 1. The Morgan fingerprint density at radius 1 is 1.37 bits per heavy atom. The van der Waals surface area contributed by atoms with Crippen molar-refractivity contribution in [3.8, 4) is 0 Å². The van der Waals surface area contributed by atoms with Gasteiger partial charge in [-0.3, -0.25) is 9.59 Å². The number of carboxylic acids is 1. The summed E-state index contributed by atoms with van der Waals surface area (Å²) in [5.41, 5.74) is 4.84. The Balaban J connectivity index is 2.70. The largest absolute Gasteiger partial charge is 0.480 e. The van der Waals surface area contributed by atoms with Gasteiger partial charge in [-0.05, 0) is 18.3 Å².